The van der Waals surface area contributed by atoms with Crippen molar-refractivity contribution in [3.8, 4) is 0 Å². The Morgan fingerprint density at radius 2 is 2.17 bits per heavy atom. The number of rotatable bonds is 3. The van der Waals surface area contributed by atoms with Gasteiger partial charge in [-0.25, -0.2) is 4.79 Å². The zero-order valence-electron chi connectivity index (χ0n) is 7.37. The molecule has 0 rings (SSSR count). The molecule has 5 heteroatoms. The molecule has 0 amide bonds. The molecule has 0 aliphatic carbocycles. The predicted molar refractivity (Wildman–Crippen MR) is 41.6 cm³/mol. The van der Waals surface area contributed by atoms with Gasteiger partial charge in [-0.2, -0.15) is 4.79 Å². The van der Waals surface area contributed by atoms with Crippen molar-refractivity contribution in [3.05, 3.63) is 5.53 Å². The third-order valence-electron chi connectivity index (χ3n) is 1.15. The zero-order valence-corrected chi connectivity index (χ0v) is 7.37. The van der Waals surface area contributed by atoms with Gasteiger partial charge < -0.3 is 15.4 Å². The normalized spacial score (nSPS) is 10.3. The molecule has 0 unspecified atom stereocenters. The molecule has 0 aliphatic heterocycles. The van der Waals surface area contributed by atoms with E-state index in [0.29, 0.717) is 0 Å². The van der Waals surface area contributed by atoms with Crippen LogP contribution in [0.25, 0.3) is 5.53 Å². The summed E-state index contributed by atoms with van der Waals surface area (Å²) in [7, 11) is 0. The van der Waals surface area contributed by atoms with Crippen molar-refractivity contribution >= 4 is 11.7 Å². The fourth-order valence-corrected chi connectivity index (χ4v) is 0.612. The first-order chi connectivity index (χ1) is 5.43. The van der Waals surface area contributed by atoms with Gasteiger partial charge in [-0.1, -0.05) is 0 Å². The summed E-state index contributed by atoms with van der Waals surface area (Å²) in [5, 5.41) is 9.28. The Kier molecular flexibility index (Phi) is 3.60. The first kappa shape index (κ1) is 10.8. The molecule has 0 atom stereocenters. The minimum Gasteiger partial charge on any atom is -0.457 e. The molecule has 5 nitrogen and oxygen atoms in total. The third kappa shape index (κ3) is 2.82. The van der Waals surface area contributed by atoms with Crippen LogP contribution in [0.3, 0.4) is 0 Å². The number of esters is 1. The van der Waals surface area contributed by atoms with Gasteiger partial charge in [0.15, 0.2) is 5.60 Å². The summed E-state index contributed by atoms with van der Waals surface area (Å²) < 4.78 is 4.53. The fraction of sp³-hybridized carbons (Fsp3) is 0.714. The Morgan fingerprint density at radius 1 is 1.67 bits per heavy atom. The molecule has 1 N–H and O–H groups in total. The molecule has 0 aliphatic rings. The van der Waals surface area contributed by atoms with E-state index in [-0.39, 0.29) is 6.61 Å². The van der Waals surface area contributed by atoms with E-state index < -0.39 is 17.3 Å². The second-order valence-corrected chi connectivity index (χ2v) is 2.73. The average Bonchev–Trinajstić information content (AvgIpc) is 1.85. The number of hydrogen-bond acceptors (Lipinski definition) is 3. The SMILES string of the molecule is CCOC(=O)C(=[N+]=[N-])C(C)(C)O. The van der Waals surface area contributed by atoms with Gasteiger partial charge in [-0.05, 0) is 20.8 Å². The second kappa shape index (κ2) is 3.99. The number of nitrogens with zero attached hydrogens (tertiary/aromatic N) is 2. The summed E-state index contributed by atoms with van der Waals surface area (Å²) in [5.41, 5.74) is 6.50. The molecular weight excluding hydrogens is 160 g/mol. The van der Waals surface area contributed by atoms with E-state index >= 15 is 0 Å². The van der Waals surface area contributed by atoms with Crippen molar-refractivity contribution in [2.75, 3.05) is 6.61 Å². The van der Waals surface area contributed by atoms with Crippen molar-refractivity contribution in [3.63, 3.8) is 0 Å². The van der Waals surface area contributed by atoms with Crippen molar-refractivity contribution in [2.45, 2.75) is 26.4 Å². The van der Waals surface area contributed by atoms with E-state index in [1.54, 1.807) is 6.92 Å². The van der Waals surface area contributed by atoms with Gasteiger partial charge in [0.05, 0.1) is 6.61 Å². The van der Waals surface area contributed by atoms with E-state index in [9.17, 15) is 9.90 Å². The first-order valence-corrected chi connectivity index (χ1v) is 3.55. The molecule has 0 bridgehead atoms. The van der Waals surface area contributed by atoms with E-state index in [4.69, 9.17) is 5.53 Å². The summed E-state index contributed by atoms with van der Waals surface area (Å²) in [6.07, 6.45) is 0. The Bertz CT molecular complexity index is 223. The molecular formula is C7H12N2O3. The van der Waals surface area contributed by atoms with Gasteiger partial charge in [0.25, 0.3) is 0 Å². The van der Waals surface area contributed by atoms with Gasteiger partial charge in [0.2, 0.25) is 0 Å². The van der Waals surface area contributed by atoms with Crippen LogP contribution in [0.15, 0.2) is 0 Å². The Hall–Kier alpha value is -1.19. The second-order valence-electron chi connectivity index (χ2n) is 2.73. The molecule has 0 aromatic heterocycles. The summed E-state index contributed by atoms with van der Waals surface area (Å²) in [5.74, 6) is -0.813. The fourth-order valence-electron chi connectivity index (χ4n) is 0.612. The number of ether oxygens (including phenoxy) is 1. The molecule has 0 spiro atoms. The van der Waals surface area contributed by atoms with Crippen molar-refractivity contribution in [1.29, 1.82) is 0 Å². The average molecular weight is 172 g/mol. The summed E-state index contributed by atoms with van der Waals surface area (Å²) >= 11 is 0. The van der Waals surface area contributed by atoms with Crippen LogP contribution in [-0.4, -0.2) is 33.8 Å². The maximum atomic E-state index is 10.9. The van der Waals surface area contributed by atoms with Crippen molar-refractivity contribution in [2.24, 2.45) is 0 Å². The Labute approximate surface area is 70.6 Å². The topological polar surface area (TPSA) is 82.9 Å². The molecule has 12 heavy (non-hydrogen) atoms. The maximum Gasteiger partial charge on any atom is 0.420 e. The highest BCUT2D eigenvalue weighted by Gasteiger charge is 2.38. The Morgan fingerprint density at radius 3 is 2.42 bits per heavy atom. The van der Waals surface area contributed by atoms with Crippen LogP contribution in [0.2, 0.25) is 0 Å². The van der Waals surface area contributed by atoms with Gasteiger partial charge in [0, 0.05) is 0 Å². The molecule has 0 aromatic rings. The molecule has 0 saturated heterocycles. The first-order valence-electron chi connectivity index (χ1n) is 3.55. The van der Waals surface area contributed by atoms with E-state index in [0.717, 1.165) is 0 Å². The van der Waals surface area contributed by atoms with E-state index in [2.05, 4.69) is 9.53 Å². The van der Waals surface area contributed by atoms with Crippen LogP contribution >= 0.6 is 0 Å². The summed E-state index contributed by atoms with van der Waals surface area (Å²) in [6, 6.07) is 0. The lowest BCUT2D eigenvalue weighted by molar-refractivity contribution is -0.142. The predicted octanol–water partition coefficient (Wildman–Crippen LogP) is -0.00880. The summed E-state index contributed by atoms with van der Waals surface area (Å²) in [6.45, 7) is 4.46. The lowest BCUT2D eigenvalue weighted by atomic mass is 10.0. The highest BCUT2D eigenvalue weighted by atomic mass is 16.5. The van der Waals surface area contributed by atoms with Crippen LogP contribution in [-0.2, 0) is 9.53 Å². The van der Waals surface area contributed by atoms with Gasteiger partial charge in [-0.3, -0.25) is 0 Å². The molecule has 0 aromatic carbocycles. The van der Waals surface area contributed by atoms with E-state index in [1.165, 1.54) is 13.8 Å². The lowest BCUT2D eigenvalue weighted by Gasteiger charge is -2.09. The molecule has 0 heterocycles. The third-order valence-corrected chi connectivity index (χ3v) is 1.15. The summed E-state index contributed by atoms with van der Waals surface area (Å²) in [4.78, 5) is 13.6. The van der Waals surface area contributed by atoms with Crippen molar-refractivity contribution < 1.29 is 19.4 Å². The van der Waals surface area contributed by atoms with E-state index in [1.807, 2.05) is 0 Å². The quantitative estimate of drug-likeness (QED) is 0.281. The molecule has 0 saturated carbocycles. The zero-order chi connectivity index (χ0) is 9.78. The minimum absolute atomic E-state index is 0.175. The van der Waals surface area contributed by atoms with Gasteiger partial charge >= 0.3 is 11.7 Å². The van der Waals surface area contributed by atoms with Crippen LogP contribution in [0.5, 0.6) is 0 Å². The Balaban J connectivity index is 4.61. The smallest absolute Gasteiger partial charge is 0.420 e. The highest BCUT2D eigenvalue weighted by Crippen LogP contribution is 2.03. The number of carbonyl (C=O) groups is 1. The monoisotopic (exact) mass is 172 g/mol. The largest absolute Gasteiger partial charge is 0.457 e. The highest BCUT2D eigenvalue weighted by molar-refractivity contribution is 6.36. The van der Waals surface area contributed by atoms with Crippen LogP contribution < -0.4 is 0 Å². The maximum absolute atomic E-state index is 10.9. The number of carbonyl (C=O) groups excluding carboxylic acids is 1. The molecule has 68 valence electrons. The van der Waals surface area contributed by atoms with Gasteiger partial charge in [-0.15, -0.1) is 0 Å². The van der Waals surface area contributed by atoms with Gasteiger partial charge in [0.1, 0.15) is 0 Å². The number of aliphatic hydroxyl groups is 1. The molecule has 0 fully saturated rings. The molecule has 0 radical (unpaired) electrons. The van der Waals surface area contributed by atoms with Crippen LogP contribution in [0, 0.1) is 0 Å². The van der Waals surface area contributed by atoms with Crippen molar-refractivity contribution in [1.82, 2.24) is 0 Å². The standard InChI is InChI=1S/C7H12N2O3/c1-4-12-6(10)5(9-8)7(2,3)11/h11H,4H2,1-3H3. The minimum atomic E-state index is -1.49. The lowest BCUT2D eigenvalue weighted by Crippen LogP contribution is -2.39. The van der Waals surface area contributed by atoms with Crippen LogP contribution in [0.1, 0.15) is 20.8 Å². The van der Waals surface area contributed by atoms with Crippen LogP contribution in [0.4, 0.5) is 0 Å². The number of hydrogen-bond donors (Lipinski definition) is 1.